The molecule has 4 nitrogen and oxygen atoms in total. The average molecular weight is 265 g/mol. The van der Waals surface area contributed by atoms with Crippen LogP contribution in [-0.4, -0.2) is 29.4 Å². The normalized spacial score (nSPS) is 13.8. The van der Waals surface area contributed by atoms with Crippen LogP contribution in [0.4, 0.5) is 13.2 Å². The van der Waals surface area contributed by atoms with Gasteiger partial charge in [0.1, 0.15) is 0 Å². The SMILES string of the molecule is CCCC(Cc1nc(CCC(F)(F)F)no1)NC. The fraction of sp³-hybridized carbons (Fsp3) is 0.818. The number of nitrogens with zero attached hydrogens (tertiary/aromatic N) is 2. The number of aromatic nitrogens is 2. The predicted molar refractivity (Wildman–Crippen MR) is 60.1 cm³/mol. The summed E-state index contributed by atoms with van der Waals surface area (Å²) < 4.78 is 41.0. The minimum absolute atomic E-state index is 0.119. The molecule has 0 amide bonds. The van der Waals surface area contributed by atoms with E-state index in [1.165, 1.54) is 0 Å². The lowest BCUT2D eigenvalue weighted by Gasteiger charge is -2.11. The number of likely N-dealkylation sites (N-methyl/N-ethyl adjacent to an activating group) is 1. The van der Waals surface area contributed by atoms with E-state index in [1.54, 1.807) is 0 Å². The Kier molecular flexibility index (Phi) is 5.58. The second kappa shape index (κ2) is 6.72. The van der Waals surface area contributed by atoms with E-state index in [4.69, 9.17) is 4.52 Å². The summed E-state index contributed by atoms with van der Waals surface area (Å²) in [5.74, 6) is 0.508. The van der Waals surface area contributed by atoms with E-state index in [-0.39, 0.29) is 18.3 Å². The Morgan fingerprint density at radius 2 is 2.11 bits per heavy atom. The Bertz CT molecular complexity index is 352. The van der Waals surface area contributed by atoms with Crippen LogP contribution < -0.4 is 5.32 Å². The molecule has 1 heterocycles. The summed E-state index contributed by atoms with van der Waals surface area (Å²) in [6.07, 6.45) is -2.82. The number of alkyl halides is 3. The van der Waals surface area contributed by atoms with E-state index in [0.717, 1.165) is 12.8 Å². The lowest BCUT2D eigenvalue weighted by molar-refractivity contribution is -0.134. The summed E-state index contributed by atoms with van der Waals surface area (Å²) in [5, 5.41) is 6.66. The van der Waals surface area contributed by atoms with Crippen molar-refractivity contribution < 1.29 is 17.7 Å². The van der Waals surface area contributed by atoms with Crippen molar-refractivity contribution in [1.82, 2.24) is 15.5 Å². The zero-order chi connectivity index (χ0) is 13.6. The molecule has 7 heteroatoms. The van der Waals surface area contributed by atoms with Gasteiger partial charge in [0.2, 0.25) is 5.89 Å². The minimum atomic E-state index is -4.18. The zero-order valence-corrected chi connectivity index (χ0v) is 10.5. The highest BCUT2D eigenvalue weighted by Crippen LogP contribution is 2.21. The molecule has 0 aliphatic rings. The topological polar surface area (TPSA) is 51.0 Å². The molecule has 0 aliphatic heterocycles. The number of rotatable bonds is 7. The molecule has 18 heavy (non-hydrogen) atoms. The Morgan fingerprint density at radius 1 is 1.39 bits per heavy atom. The standard InChI is InChI=1S/C11H18F3N3O/c1-3-4-8(15-2)7-10-16-9(17-18-10)5-6-11(12,13)14/h8,15H,3-7H2,1-2H3. The van der Waals surface area contributed by atoms with Gasteiger partial charge in [-0.3, -0.25) is 0 Å². The summed E-state index contributed by atoms with van der Waals surface area (Å²) >= 11 is 0. The molecule has 0 bridgehead atoms. The van der Waals surface area contributed by atoms with Gasteiger partial charge in [-0.15, -0.1) is 0 Å². The van der Waals surface area contributed by atoms with E-state index in [2.05, 4.69) is 22.4 Å². The summed E-state index contributed by atoms with van der Waals surface area (Å²) in [6.45, 7) is 2.06. The highest BCUT2D eigenvalue weighted by molar-refractivity contribution is 4.90. The van der Waals surface area contributed by atoms with Crippen LogP contribution in [0.5, 0.6) is 0 Å². The zero-order valence-electron chi connectivity index (χ0n) is 10.5. The first-order chi connectivity index (χ1) is 8.44. The molecule has 0 spiro atoms. The summed E-state index contributed by atoms with van der Waals surface area (Å²) in [7, 11) is 1.83. The van der Waals surface area contributed by atoms with Crippen LogP contribution in [0.2, 0.25) is 0 Å². The van der Waals surface area contributed by atoms with E-state index in [1.807, 2.05) is 7.05 Å². The van der Waals surface area contributed by atoms with Gasteiger partial charge in [-0.1, -0.05) is 18.5 Å². The van der Waals surface area contributed by atoms with Gasteiger partial charge >= 0.3 is 6.18 Å². The Balaban J connectivity index is 2.47. The second-order valence-electron chi connectivity index (χ2n) is 4.20. The van der Waals surface area contributed by atoms with Crippen molar-refractivity contribution in [3.8, 4) is 0 Å². The molecule has 0 saturated carbocycles. The van der Waals surface area contributed by atoms with E-state index < -0.39 is 12.6 Å². The highest BCUT2D eigenvalue weighted by atomic mass is 19.4. The van der Waals surface area contributed by atoms with Crippen molar-refractivity contribution in [2.75, 3.05) is 7.05 Å². The number of nitrogens with one attached hydrogen (secondary N) is 1. The van der Waals surface area contributed by atoms with Crippen LogP contribution in [0.3, 0.4) is 0 Å². The third kappa shape index (κ3) is 5.48. The lowest BCUT2D eigenvalue weighted by atomic mass is 10.1. The van der Waals surface area contributed by atoms with E-state index >= 15 is 0 Å². The maximum atomic E-state index is 12.0. The fourth-order valence-electron chi connectivity index (χ4n) is 1.64. The van der Waals surface area contributed by atoms with Gasteiger partial charge in [0.15, 0.2) is 5.82 Å². The lowest BCUT2D eigenvalue weighted by Crippen LogP contribution is -2.27. The largest absolute Gasteiger partial charge is 0.389 e. The Labute approximate surface area is 104 Å². The second-order valence-corrected chi connectivity index (χ2v) is 4.20. The molecule has 0 aliphatic carbocycles. The number of halogens is 3. The number of hydrogen-bond acceptors (Lipinski definition) is 4. The maximum absolute atomic E-state index is 12.0. The summed E-state index contributed by atoms with van der Waals surface area (Å²) in [4.78, 5) is 3.97. The smallest absolute Gasteiger partial charge is 0.339 e. The van der Waals surface area contributed by atoms with Crippen molar-refractivity contribution in [3.05, 3.63) is 11.7 Å². The minimum Gasteiger partial charge on any atom is -0.339 e. The van der Waals surface area contributed by atoms with Crippen LogP contribution in [0.25, 0.3) is 0 Å². The van der Waals surface area contributed by atoms with Crippen molar-refractivity contribution >= 4 is 0 Å². The van der Waals surface area contributed by atoms with Gasteiger partial charge in [0.25, 0.3) is 0 Å². The highest BCUT2D eigenvalue weighted by Gasteiger charge is 2.27. The van der Waals surface area contributed by atoms with Gasteiger partial charge in [-0.25, -0.2) is 0 Å². The molecule has 0 aromatic carbocycles. The molecule has 1 aromatic rings. The average Bonchev–Trinajstić information content (AvgIpc) is 2.73. The maximum Gasteiger partial charge on any atom is 0.389 e. The van der Waals surface area contributed by atoms with E-state index in [0.29, 0.717) is 12.3 Å². The molecular formula is C11H18F3N3O. The first-order valence-electron chi connectivity index (χ1n) is 6.00. The molecule has 1 atom stereocenters. The van der Waals surface area contributed by atoms with Crippen LogP contribution in [0, 0.1) is 0 Å². The van der Waals surface area contributed by atoms with Crippen LogP contribution in [0.15, 0.2) is 4.52 Å². The third-order valence-corrected chi connectivity index (χ3v) is 2.61. The number of aryl methyl sites for hydroxylation is 1. The van der Waals surface area contributed by atoms with Crippen molar-refractivity contribution in [2.45, 2.75) is 51.2 Å². The fourth-order valence-corrected chi connectivity index (χ4v) is 1.64. The number of hydrogen-bond donors (Lipinski definition) is 1. The first kappa shape index (κ1) is 14.9. The monoisotopic (exact) mass is 265 g/mol. The quantitative estimate of drug-likeness (QED) is 0.823. The van der Waals surface area contributed by atoms with Gasteiger partial charge in [0, 0.05) is 18.9 Å². The van der Waals surface area contributed by atoms with Crippen molar-refractivity contribution in [2.24, 2.45) is 0 Å². The Hall–Kier alpha value is -1.11. The van der Waals surface area contributed by atoms with Crippen molar-refractivity contribution in [3.63, 3.8) is 0 Å². The van der Waals surface area contributed by atoms with E-state index in [9.17, 15) is 13.2 Å². The van der Waals surface area contributed by atoms with Crippen LogP contribution >= 0.6 is 0 Å². The molecular weight excluding hydrogens is 247 g/mol. The summed E-state index contributed by atoms with van der Waals surface area (Å²) in [6, 6.07) is 0.214. The molecule has 0 radical (unpaired) electrons. The molecule has 1 unspecified atom stereocenters. The molecule has 1 rings (SSSR count). The Morgan fingerprint density at radius 3 is 2.67 bits per heavy atom. The van der Waals surface area contributed by atoms with Crippen LogP contribution in [-0.2, 0) is 12.8 Å². The van der Waals surface area contributed by atoms with Gasteiger partial charge < -0.3 is 9.84 Å². The molecule has 1 aromatic heterocycles. The first-order valence-corrected chi connectivity index (χ1v) is 6.00. The van der Waals surface area contributed by atoms with Crippen LogP contribution in [0.1, 0.15) is 37.9 Å². The third-order valence-electron chi connectivity index (χ3n) is 2.61. The molecule has 1 N–H and O–H groups in total. The molecule has 104 valence electrons. The van der Waals surface area contributed by atoms with Gasteiger partial charge in [-0.2, -0.15) is 18.2 Å². The van der Waals surface area contributed by atoms with Crippen molar-refractivity contribution in [1.29, 1.82) is 0 Å². The predicted octanol–water partition coefficient (Wildman–Crippen LogP) is 2.50. The van der Waals surface area contributed by atoms with Gasteiger partial charge in [0.05, 0.1) is 6.42 Å². The molecule has 0 fully saturated rings. The summed E-state index contributed by atoms with van der Waals surface area (Å²) in [5.41, 5.74) is 0. The molecule has 0 saturated heterocycles. The van der Waals surface area contributed by atoms with Gasteiger partial charge in [-0.05, 0) is 13.5 Å².